The molecule has 0 aliphatic carbocycles. The predicted octanol–water partition coefficient (Wildman–Crippen LogP) is 3.03. The molecule has 3 heteroatoms. The smallest absolute Gasteiger partial charge is 0.161 e. The van der Waals surface area contributed by atoms with E-state index in [-0.39, 0.29) is 17.6 Å². The zero-order valence-electron chi connectivity index (χ0n) is 11.1. The molecule has 0 fully saturated rings. The molecule has 3 nitrogen and oxygen atoms in total. The van der Waals surface area contributed by atoms with Gasteiger partial charge in [-0.15, -0.1) is 0 Å². The molecule has 0 N–H and O–H groups in total. The van der Waals surface area contributed by atoms with Crippen LogP contribution in [0.3, 0.4) is 0 Å². The van der Waals surface area contributed by atoms with Gasteiger partial charge in [-0.25, -0.2) is 0 Å². The number of carbonyl (C=O) groups excluding carboxylic acids is 1. The van der Waals surface area contributed by atoms with Gasteiger partial charge in [0.15, 0.2) is 11.5 Å². The fourth-order valence-corrected chi connectivity index (χ4v) is 1.79. The first-order valence-corrected chi connectivity index (χ1v) is 5.76. The minimum Gasteiger partial charge on any atom is -0.493 e. The number of rotatable bonds is 5. The van der Waals surface area contributed by atoms with Crippen LogP contribution in [0.25, 0.3) is 0 Å². The standard InChI is InChI=1S/C14H20O3/c1-9(2)14(15)10(3)11-6-7-12(16-4)13(8-11)17-5/h6-10H,1-5H3/t10-/m0/s1. The summed E-state index contributed by atoms with van der Waals surface area (Å²) >= 11 is 0. The molecular weight excluding hydrogens is 216 g/mol. The number of benzene rings is 1. The molecule has 0 saturated heterocycles. The quantitative estimate of drug-likeness (QED) is 0.788. The number of hydrogen-bond acceptors (Lipinski definition) is 3. The summed E-state index contributed by atoms with van der Waals surface area (Å²) in [6, 6.07) is 5.61. The van der Waals surface area contributed by atoms with Crippen LogP contribution in [-0.2, 0) is 4.79 Å². The van der Waals surface area contributed by atoms with E-state index < -0.39 is 0 Å². The summed E-state index contributed by atoms with van der Waals surface area (Å²) < 4.78 is 10.4. The Morgan fingerprint density at radius 1 is 1.06 bits per heavy atom. The van der Waals surface area contributed by atoms with Crippen LogP contribution in [0, 0.1) is 5.92 Å². The van der Waals surface area contributed by atoms with Crippen LogP contribution in [0.1, 0.15) is 32.3 Å². The molecule has 0 aromatic heterocycles. The number of ketones is 1. The highest BCUT2D eigenvalue weighted by Crippen LogP contribution is 2.31. The van der Waals surface area contributed by atoms with Crippen molar-refractivity contribution in [2.45, 2.75) is 26.7 Å². The average molecular weight is 236 g/mol. The highest BCUT2D eigenvalue weighted by molar-refractivity contribution is 5.87. The van der Waals surface area contributed by atoms with Crippen molar-refractivity contribution in [2.75, 3.05) is 14.2 Å². The first-order valence-electron chi connectivity index (χ1n) is 5.76. The van der Waals surface area contributed by atoms with Crippen molar-refractivity contribution in [1.82, 2.24) is 0 Å². The van der Waals surface area contributed by atoms with Gasteiger partial charge in [0.2, 0.25) is 0 Å². The van der Waals surface area contributed by atoms with E-state index in [0.717, 1.165) is 5.56 Å². The van der Waals surface area contributed by atoms with E-state index in [0.29, 0.717) is 11.5 Å². The summed E-state index contributed by atoms with van der Waals surface area (Å²) in [6.45, 7) is 5.75. The lowest BCUT2D eigenvalue weighted by atomic mass is 9.90. The highest BCUT2D eigenvalue weighted by atomic mass is 16.5. The summed E-state index contributed by atoms with van der Waals surface area (Å²) in [5, 5.41) is 0. The second-order valence-corrected chi connectivity index (χ2v) is 4.39. The Labute approximate surface area is 103 Å². The normalized spacial score (nSPS) is 12.4. The summed E-state index contributed by atoms with van der Waals surface area (Å²) in [5.74, 6) is 1.50. The van der Waals surface area contributed by atoms with Crippen LogP contribution in [-0.4, -0.2) is 20.0 Å². The Hall–Kier alpha value is -1.51. The van der Waals surface area contributed by atoms with Crippen molar-refractivity contribution in [3.05, 3.63) is 23.8 Å². The fourth-order valence-electron chi connectivity index (χ4n) is 1.79. The van der Waals surface area contributed by atoms with E-state index in [9.17, 15) is 4.79 Å². The van der Waals surface area contributed by atoms with Crippen molar-refractivity contribution >= 4 is 5.78 Å². The first kappa shape index (κ1) is 13.6. The molecule has 1 aromatic carbocycles. The first-order chi connectivity index (χ1) is 8.01. The number of ether oxygens (including phenoxy) is 2. The minimum atomic E-state index is -0.116. The molecule has 94 valence electrons. The van der Waals surface area contributed by atoms with E-state index in [1.54, 1.807) is 14.2 Å². The monoisotopic (exact) mass is 236 g/mol. The van der Waals surface area contributed by atoms with Gasteiger partial charge in [0, 0.05) is 11.8 Å². The maximum atomic E-state index is 11.9. The molecule has 1 atom stereocenters. The summed E-state index contributed by atoms with van der Waals surface area (Å²) in [6.07, 6.45) is 0. The third-order valence-corrected chi connectivity index (χ3v) is 2.90. The van der Waals surface area contributed by atoms with E-state index in [1.165, 1.54) is 0 Å². The van der Waals surface area contributed by atoms with Gasteiger partial charge in [-0.2, -0.15) is 0 Å². The fraction of sp³-hybridized carbons (Fsp3) is 0.500. The molecule has 0 aliphatic rings. The van der Waals surface area contributed by atoms with E-state index in [1.807, 2.05) is 39.0 Å². The molecule has 0 heterocycles. The number of carbonyl (C=O) groups is 1. The van der Waals surface area contributed by atoms with E-state index >= 15 is 0 Å². The van der Waals surface area contributed by atoms with Crippen LogP contribution < -0.4 is 9.47 Å². The van der Waals surface area contributed by atoms with Crippen LogP contribution >= 0.6 is 0 Å². The third kappa shape index (κ3) is 2.99. The maximum absolute atomic E-state index is 11.9. The summed E-state index contributed by atoms with van der Waals surface area (Å²) in [4.78, 5) is 11.9. The Morgan fingerprint density at radius 3 is 2.12 bits per heavy atom. The van der Waals surface area contributed by atoms with Gasteiger partial charge in [-0.3, -0.25) is 4.79 Å². The number of methoxy groups -OCH3 is 2. The van der Waals surface area contributed by atoms with Gasteiger partial charge in [0.05, 0.1) is 14.2 Å². The molecule has 0 saturated carbocycles. The molecular formula is C14H20O3. The molecule has 1 aromatic rings. The topological polar surface area (TPSA) is 35.5 Å². The van der Waals surface area contributed by atoms with Gasteiger partial charge < -0.3 is 9.47 Å². The third-order valence-electron chi connectivity index (χ3n) is 2.90. The van der Waals surface area contributed by atoms with Crippen LogP contribution in [0.2, 0.25) is 0 Å². The minimum absolute atomic E-state index is 0.0399. The lowest BCUT2D eigenvalue weighted by Gasteiger charge is -2.15. The Bertz CT molecular complexity index is 396. The van der Waals surface area contributed by atoms with E-state index in [2.05, 4.69) is 0 Å². The SMILES string of the molecule is COc1ccc([C@H](C)C(=O)C(C)C)cc1OC. The van der Waals surface area contributed by atoms with Gasteiger partial charge in [0.25, 0.3) is 0 Å². The largest absolute Gasteiger partial charge is 0.493 e. The number of hydrogen-bond donors (Lipinski definition) is 0. The molecule has 0 unspecified atom stereocenters. The van der Waals surface area contributed by atoms with Gasteiger partial charge in [-0.05, 0) is 17.7 Å². The molecule has 0 bridgehead atoms. The Morgan fingerprint density at radius 2 is 1.65 bits per heavy atom. The summed E-state index contributed by atoms with van der Waals surface area (Å²) in [5.41, 5.74) is 0.960. The van der Waals surface area contributed by atoms with Gasteiger partial charge in [-0.1, -0.05) is 26.8 Å². The highest BCUT2D eigenvalue weighted by Gasteiger charge is 2.19. The molecule has 1 rings (SSSR count). The Balaban J connectivity index is 3.03. The molecule has 0 amide bonds. The molecule has 0 aliphatic heterocycles. The molecule has 0 spiro atoms. The van der Waals surface area contributed by atoms with Crippen molar-refractivity contribution in [3.8, 4) is 11.5 Å². The molecule has 17 heavy (non-hydrogen) atoms. The number of Topliss-reactive ketones (excluding diaryl/α,β-unsaturated/α-hetero) is 1. The lowest BCUT2D eigenvalue weighted by Crippen LogP contribution is -2.15. The second kappa shape index (κ2) is 5.71. The predicted molar refractivity (Wildman–Crippen MR) is 67.8 cm³/mol. The second-order valence-electron chi connectivity index (χ2n) is 4.39. The van der Waals surface area contributed by atoms with Crippen LogP contribution in [0.4, 0.5) is 0 Å². The van der Waals surface area contributed by atoms with Crippen molar-refractivity contribution in [2.24, 2.45) is 5.92 Å². The van der Waals surface area contributed by atoms with Crippen LogP contribution in [0.15, 0.2) is 18.2 Å². The van der Waals surface area contributed by atoms with Crippen molar-refractivity contribution < 1.29 is 14.3 Å². The molecule has 0 radical (unpaired) electrons. The van der Waals surface area contributed by atoms with Crippen molar-refractivity contribution in [3.63, 3.8) is 0 Å². The zero-order valence-corrected chi connectivity index (χ0v) is 11.1. The zero-order chi connectivity index (χ0) is 13.0. The van der Waals surface area contributed by atoms with Crippen LogP contribution in [0.5, 0.6) is 11.5 Å². The van der Waals surface area contributed by atoms with Gasteiger partial charge >= 0.3 is 0 Å². The Kier molecular flexibility index (Phi) is 4.55. The lowest BCUT2D eigenvalue weighted by molar-refractivity contribution is -0.123. The van der Waals surface area contributed by atoms with Crippen molar-refractivity contribution in [1.29, 1.82) is 0 Å². The average Bonchev–Trinajstić information content (AvgIpc) is 2.35. The maximum Gasteiger partial charge on any atom is 0.161 e. The van der Waals surface area contributed by atoms with Gasteiger partial charge in [0.1, 0.15) is 5.78 Å². The summed E-state index contributed by atoms with van der Waals surface area (Å²) in [7, 11) is 3.19. The van der Waals surface area contributed by atoms with E-state index in [4.69, 9.17) is 9.47 Å².